The smallest absolute Gasteiger partial charge is 0.379 e. The number of amides is 1. The van der Waals surface area contributed by atoms with E-state index in [4.69, 9.17) is 4.74 Å². The highest BCUT2D eigenvalue weighted by Gasteiger charge is 2.35. The molecule has 1 aliphatic rings. The summed E-state index contributed by atoms with van der Waals surface area (Å²) in [5.74, 6) is -1.33. The zero-order valence-electron chi connectivity index (χ0n) is 18.8. The molecule has 186 valence electrons. The first-order valence-electron chi connectivity index (χ1n) is 11.1. The van der Waals surface area contributed by atoms with Gasteiger partial charge in [-0.2, -0.15) is 13.2 Å². The lowest BCUT2D eigenvalue weighted by molar-refractivity contribution is -0.137. The minimum Gasteiger partial charge on any atom is -0.379 e. The Kier molecular flexibility index (Phi) is 6.37. The number of carbonyl (C=O) groups is 1. The maximum absolute atomic E-state index is 13.5. The number of hydrogen-bond acceptors (Lipinski definition) is 6. The first-order valence-corrected chi connectivity index (χ1v) is 11.1. The number of alkyl halides is 3. The molecule has 3 aromatic heterocycles. The molecule has 12 heteroatoms. The van der Waals surface area contributed by atoms with Crippen molar-refractivity contribution < 1.29 is 27.1 Å². The second-order valence-electron chi connectivity index (χ2n) is 8.18. The molecule has 0 saturated carbocycles. The zero-order valence-corrected chi connectivity index (χ0v) is 18.8. The van der Waals surface area contributed by atoms with Gasteiger partial charge in [0.15, 0.2) is 11.3 Å². The lowest BCUT2D eigenvalue weighted by atomic mass is 10.0. The number of carbonyl (C=O) groups excluding carboxylic acids is 1. The Morgan fingerprint density at radius 2 is 1.92 bits per heavy atom. The molecule has 1 fully saturated rings. The zero-order chi connectivity index (χ0) is 25.3. The van der Waals surface area contributed by atoms with Crippen LogP contribution in [0.1, 0.15) is 21.7 Å². The van der Waals surface area contributed by atoms with Crippen molar-refractivity contribution >= 4 is 17.4 Å². The van der Waals surface area contributed by atoms with Crippen molar-refractivity contribution in [2.24, 2.45) is 0 Å². The Morgan fingerprint density at radius 1 is 1.11 bits per heavy atom. The van der Waals surface area contributed by atoms with Crippen molar-refractivity contribution in [2.75, 3.05) is 31.6 Å². The summed E-state index contributed by atoms with van der Waals surface area (Å²) in [4.78, 5) is 28.0. The van der Waals surface area contributed by atoms with Gasteiger partial charge in [0.2, 0.25) is 0 Å². The second-order valence-corrected chi connectivity index (χ2v) is 8.18. The maximum Gasteiger partial charge on any atom is 0.417 e. The molecule has 0 atom stereocenters. The Bertz CT molecular complexity index is 1420. The van der Waals surface area contributed by atoms with E-state index in [9.17, 15) is 22.4 Å². The summed E-state index contributed by atoms with van der Waals surface area (Å²) < 4.78 is 60.8. The van der Waals surface area contributed by atoms with Gasteiger partial charge in [0.25, 0.3) is 5.91 Å². The minimum absolute atomic E-state index is 0.0481. The van der Waals surface area contributed by atoms with Crippen LogP contribution < -0.4 is 5.32 Å². The van der Waals surface area contributed by atoms with Gasteiger partial charge in [-0.3, -0.25) is 9.69 Å². The van der Waals surface area contributed by atoms with Crippen molar-refractivity contribution in [1.29, 1.82) is 0 Å². The van der Waals surface area contributed by atoms with E-state index in [2.05, 4.69) is 25.2 Å². The van der Waals surface area contributed by atoms with Crippen LogP contribution in [0.5, 0.6) is 0 Å². The topological polar surface area (TPSA) is 84.7 Å². The number of pyridine rings is 1. The first kappa shape index (κ1) is 23.8. The Balaban J connectivity index is 1.42. The van der Waals surface area contributed by atoms with Crippen LogP contribution in [0.3, 0.4) is 0 Å². The Labute approximate surface area is 202 Å². The van der Waals surface area contributed by atoms with E-state index in [-0.39, 0.29) is 22.6 Å². The average Bonchev–Trinajstić information content (AvgIpc) is 3.28. The van der Waals surface area contributed by atoms with E-state index in [0.717, 1.165) is 30.9 Å². The number of rotatable bonds is 5. The molecular formula is C24H20F4N6O2. The summed E-state index contributed by atoms with van der Waals surface area (Å²) >= 11 is 0. The standard InChI is InChI=1S/C24H20F4N6O2/c25-15-4-5-17(18(12-15)24(26,27)28)19-14-34-7-6-29-21(22(34)31-19)23(35)32-20-3-1-2-16(30-20)13-33-8-10-36-11-9-33/h1-7,12,14H,8-11,13H2,(H,30,32,35). The number of morpholine rings is 1. The van der Waals surface area contributed by atoms with Gasteiger partial charge in [-0.05, 0) is 30.3 Å². The largest absolute Gasteiger partial charge is 0.417 e. The molecule has 1 aliphatic heterocycles. The highest BCUT2D eigenvalue weighted by atomic mass is 19.4. The molecule has 1 amide bonds. The van der Waals surface area contributed by atoms with E-state index in [0.29, 0.717) is 31.6 Å². The fourth-order valence-electron chi connectivity index (χ4n) is 3.99. The summed E-state index contributed by atoms with van der Waals surface area (Å²) in [5.41, 5.74) is -0.829. The highest BCUT2D eigenvalue weighted by molar-refractivity contribution is 6.06. The fourth-order valence-corrected chi connectivity index (χ4v) is 3.99. The highest BCUT2D eigenvalue weighted by Crippen LogP contribution is 2.37. The van der Waals surface area contributed by atoms with Gasteiger partial charge < -0.3 is 14.5 Å². The lowest BCUT2D eigenvalue weighted by Crippen LogP contribution is -2.35. The number of anilines is 1. The second kappa shape index (κ2) is 9.63. The van der Waals surface area contributed by atoms with Crippen molar-refractivity contribution in [3.8, 4) is 11.3 Å². The molecule has 36 heavy (non-hydrogen) atoms. The number of nitrogens with one attached hydrogen (secondary N) is 1. The molecule has 5 rings (SSSR count). The number of ether oxygens (including phenoxy) is 1. The number of benzene rings is 1. The van der Waals surface area contributed by atoms with E-state index < -0.39 is 23.5 Å². The molecule has 1 saturated heterocycles. The van der Waals surface area contributed by atoms with Gasteiger partial charge in [0, 0.05) is 43.8 Å². The molecule has 4 aromatic rings. The predicted molar refractivity (Wildman–Crippen MR) is 122 cm³/mol. The Morgan fingerprint density at radius 3 is 2.69 bits per heavy atom. The maximum atomic E-state index is 13.5. The molecule has 0 spiro atoms. The van der Waals surface area contributed by atoms with Gasteiger partial charge in [-0.25, -0.2) is 19.3 Å². The number of hydrogen-bond donors (Lipinski definition) is 1. The molecule has 0 bridgehead atoms. The normalized spacial score (nSPS) is 14.8. The first-order chi connectivity index (χ1) is 17.3. The molecular weight excluding hydrogens is 480 g/mol. The van der Waals surface area contributed by atoms with E-state index in [1.54, 1.807) is 12.1 Å². The number of nitrogens with zero attached hydrogens (tertiary/aromatic N) is 5. The van der Waals surface area contributed by atoms with Crippen molar-refractivity contribution in [3.63, 3.8) is 0 Å². The summed E-state index contributed by atoms with van der Waals surface area (Å²) in [6, 6.07) is 7.61. The molecule has 4 heterocycles. The number of fused-ring (bicyclic) bond motifs is 1. The fraction of sp³-hybridized carbons (Fsp3) is 0.250. The van der Waals surface area contributed by atoms with E-state index >= 15 is 0 Å². The quantitative estimate of drug-likeness (QED) is 0.417. The van der Waals surface area contributed by atoms with Crippen molar-refractivity contribution in [3.05, 3.63) is 77.8 Å². The Hall–Kier alpha value is -3.90. The summed E-state index contributed by atoms with van der Waals surface area (Å²) in [7, 11) is 0. The molecule has 0 radical (unpaired) electrons. The molecule has 1 aromatic carbocycles. The van der Waals surface area contributed by atoms with E-state index in [1.807, 2.05) is 6.07 Å². The molecule has 8 nitrogen and oxygen atoms in total. The third-order valence-corrected chi connectivity index (χ3v) is 5.69. The average molecular weight is 500 g/mol. The van der Waals surface area contributed by atoms with E-state index in [1.165, 1.54) is 23.0 Å². The predicted octanol–water partition coefficient (Wildman–Crippen LogP) is 4.03. The van der Waals surface area contributed by atoms with Crippen LogP contribution in [0.4, 0.5) is 23.4 Å². The molecule has 1 N–H and O–H groups in total. The summed E-state index contributed by atoms with van der Waals surface area (Å²) in [6.07, 6.45) is -0.660. The monoisotopic (exact) mass is 500 g/mol. The van der Waals surface area contributed by atoms with Crippen LogP contribution >= 0.6 is 0 Å². The van der Waals surface area contributed by atoms with Gasteiger partial charge in [-0.1, -0.05) is 6.07 Å². The van der Waals surface area contributed by atoms with Crippen LogP contribution in [0.2, 0.25) is 0 Å². The van der Waals surface area contributed by atoms with Gasteiger partial charge >= 0.3 is 6.18 Å². The number of halogens is 4. The summed E-state index contributed by atoms with van der Waals surface area (Å²) in [6.45, 7) is 3.48. The van der Waals surface area contributed by atoms with Crippen LogP contribution in [0.25, 0.3) is 16.9 Å². The van der Waals surface area contributed by atoms with Crippen LogP contribution in [0.15, 0.2) is 55.0 Å². The third-order valence-electron chi connectivity index (χ3n) is 5.69. The number of aromatic nitrogens is 4. The van der Waals surface area contributed by atoms with Crippen LogP contribution in [-0.2, 0) is 17.5 Å². The van der Waals surface area contributed by atoms with Crippen LogP contribution in [0, 0.1) is 5.82 Å². The SMILES string of the molecule is O=C(Nc1cccc(CN2CCOCC2)n1)c1nccn2cc(-c3ccc(F)cc3C(F)(F)F)nc12. The minimum atomic E-state index is -4.79. The third kappa shape index (κ3) is 5.04. The number of imidazole rings is 1. The van der Waals surface area contributed by atoms with Crippen LogP contribution in [-0.4, -0.2) is 56.5 Å². The van der Waals surface area contributed by atoms with Gasteiger partial charge in [0.1, 0.15) is 11.6 Å². The summed E-state index contributed by atoms with van der Waals surface area (Å²) in [5, 5.41) is 2.68. The van der Waals surface area contributed by atoms with Crippen molar-refractivity contribution in [1.82, 2.24) is 24.3 Å². The lowest BCUT2D eigenvalue weighted by Gasteiger charge is -2.26. The van der Waals surface area contributed by atoms with Gasteiger partial charge in [-0.15, -0.1) is 0 Å². The molecule has 0 aliphatic carbocycles. The van der Waals surface area contributed by atoms with Gasteiger partial charge in [0.05, 0.1) is 30.2 Å². The van der Waals surface area contributed by atoms with Crippen molar-refractivity contribution in [2.45, 2.75) is 12.7 Å². The molecule has 0 unspecified atom stereocenters.